The van der Waals surface area contributed by atoms with Gasteiger partial charge < -0.3 is 19.4 Å². The lowest BCUT2D eigenvalue weighted by atomic mass is 10.0. The number of hydrogen-bond acceptors (Lipinski definition) is 5. The SMILES string of the molecule is COCCN(CCOC)C(=O)c1ccc(-c2cc3c(C#N)cccc3c(=O)[nH]2)cc1. The molecule has 154 valence electrons. The number of hydrogen-bond donors (Lipinski definition) is 1. The highest BCUT2D eigenvalue weighted by molar-refractivity contribution is 5.95. The number of aromatic nitrogens is 1. The van der Waals surface area contributed by atoms with E-state index in [4.69, 9.17) is 9.47 Å². The fourth-order valence-electron chi connectivity index (χ4n) is 3.23. The Morgan fingerprint density at radius 3 is 2.30 bits per heavy atom. The molecule has 0 radical (unpaired) electrons. The Balaban J connectivity index is 1.91. The van der Waals surface area contributed by atoms with Crippen molar-refractivity contribution in [1.29, 1.82) is 5.26 Å². The molecule has 3 aromatic rings. The standard InChI is InChI=1S/C23H23N3O4/c1-29-12-10-26(11-13-30-2)23(28)17-8-6-16(7-9-17)21-14-20-18(15-24)4-3-5-19(20)22(27)25-21/h3-9,14H,10-13H2,1-2H3,(H,25,27). The third-order valence-corrected chi connectivity index (χ3v) is 4.87. The second-order valence-corrected chi connectivity index (χ2v) is 6.75. The van der Waals surface area contributed by atoms with E-state index in [1.165, 1.54) is 0 Å². The van der Waals surface area contributed by atoms with Gasteiger partial charge in [-0.15, -0.1) is 0 Å². The van der Waals surface area contributed by atoms with Crippen LogP contribution in [0.2, 0.25) is 0 Å². The van der Waals surface area contributed by atoms with E-state index in [1.807, 2.05) is 0 Å². The van der Waals surface area contributed by atoms with E-state index in [1.54, 1.807) is 67.7 Å². The molecule has 1 amide bonds. The Hall–Kier alpha value is -3.47. The first-order valence-electron chi connectivity index (χ1n) is 9.52. The highest BCUT2D eigenvalue weighted by atomic mass is 16.5. The zero-order chi connectivity index (χ0) is 21.5. The maximum absolute atomic E-state index is 12.8. The van der Waals surface area contributed by atoms with E-state index < -0.39 is 0 Å². The number of pyridine rings is 1. The lowest BCUT2D eigenvalue weighted by Crippen LogP contribution is -2.36. The molecule has 0 spiro atoms. The van der Waals surface area contributed by atoms with Crippen molar-refractivity contribution in [2.45, 2.75) is 0 Å². The Morgan fingerprint density at radius 2 is 1.70 bits per heavy atom. The molecular weight excluding hydrogens is 382 g/mol. The van der Waals surface area contributed by atoms with Crippen LogP contribution in [0.5, 0.6) is 0 Å². The third-order valence-electron chi connectivity index (χ3n) is 4.87. The molecule has 7 nitrogen and oxygen atoms in total. The number of amides is 1. The normalized spacial score (nSPS) is 10.7. The fraction of sp³-hybridized carbons (Fsp3) is 0.261. The summed E-state index contributed by atoms with van der Waals surface area (Å²) >= 11 is 0. The zero-order valence-electron chi connectivity index (χ0n) is 17.0. The molecule has 0 atom stereocenters. The Labute approximate surface area is 174 Å². The number of ether oxygens (including phenoxy) is 2. The molecule has 1 N–H and O–H groups in total. The van der Waals surface area contributed by atoms with Gasteiger partial charge in [-0.2, -0.15) is 5.26 Å². The number of H-pyrrole nitrogens is 1. The lowest BCUT2D eigenvalue weighted by Gasteiger charge is -2.22. The van der Waals surface area contributed by atoms with Crippen molar-refractivity contribution in [3.63, 3.8) is 0 Å². The molecule has 1 heterocycles. The molecule has 0 aliphatic rings. The molecular formula is C23H23N3O4. The smallest absolute Gasteiger partial charge is 0.256 e. The molecule has 2 aromatic carbocycles. The first-order valence-corrected chi connectivity index (χ1v) is 9.52. The number of methoxy groups -OCH3 is 2. The van der Waals surface area contributed by atoms with Crippen molar-refractivity contribution in [2.24, 2.45) is 0 Å². The Bertz CT molecular complexity index is 1120. The van der Waals surface area contributed by atoms with Crippen molar-refractivity contribution >= 4 is 16.7 Å². The van der Waals surface area contributed by atoms with Crippen LogP contribution in [0.4, 0.5) is 0 Å². The van der Waals surface area contributed by atoms with Gasteiger partial charge in [0.15, 0.2) is 0 Å². The second-order valence-electron chi connectivity index (χ2n) is 6.75. The minimum absolute atomic E-state index is 0.116. The molecule has 0 saturated carbocycles. The number of carbonyl (C=O) groups excluding carboxylic acids is 1. The van der Waals surface area contributed by atoms with Crippen molar-refractivity contribution in [3.8, 4) is 17.3 Å². The van der Waals surface area contributed by atoms with E-state index in [0.29, 0.717) is 53.9 Å². The van der Waals surface area contributed by atoms with Crippen LogP contribution in [0.3, 0.4) is 0 Å². The number of nitriles is 1. The molecule has 1 aromatic heterocycles. The number of fused-ring (bicyclic) bond motifs is 1. The molecule has 7 heteroatoms. The van der Waals surface area contributed by atoms with Crippen LogP contribution in [0.25, 0.3) is 22.0 Å². The summed E-state index contributed by atoms with van der Waals surface area (Å²) in [5.74, 6) is -0.116. The van der Waals surface area contributed by atoms with Crippen LogP contribution in [-0.2, 0) is 9.47 Å². The van der Waals surface area contributed by atoms with Gasteiger partial charge in [0.05, 0.1) is 24.8 Å². The van der Waals surface area contributed by atoms with Gasteiger partial charge in [-0.3, -0.25) is 9.59 Å². The van der Waals surface area contributed by atoms with E-state index in [0.717, 1.165) is 5.56 Å². The molecule has 0 fully saturated rings. The van der Waals surface area contributed by atoms with Gasteiger partial charge in [0.2, 0.25) is 0 Å². The number of carbonyl (C=O) groups is 1. The summed E-state index contributed by atoms with van der Waals surface area (Å²) in [7, 11) is 3.19. The highest BCUT2D eigenvalue weighted by Gasteiger charge is 2.16. The van der Waals surface area contributed by atoms with Crippen LogP contribution in [0.1, 0.15) is 15.9 Å². The van der Waals surface area contributed by atoms with E-state index in [-0.39, 0.29) is 11.5 Å². The number of aromatic amines is 1. The quantitative estimate of drug-likeness (QED) is 0.622. The number of benzene rings is 2. The van der Waals surface area contributed by atoms with Crippen LogP contribution < -0.4 is 5.56 Å². The minimum atomic E-state index is -0.259. The summed E-state index contributed by atoms with van der Waals surface area (Å²) in [5.41, 5.74) is 2.05. The van der Waals surface area contributed by atoms with Gasteiger partial charge in [-0.05, 0) is 35.9 Å². The first-order chi connectivity index (χ1) is 14.6. The van der Waals surface area contributed by atoms with Gasteiger partial charge in [-0.25, -0.2) is 0 Å². The van der Waals surface area contributed by atoms with Gasteiger partial charge in [0.25, 0.3) is 11.5 Å². The molecule has 0 unspecified atom stereocenters. The van der Waals surface area contributed by atoms with Crippen LogP contribution in [-0.4, -0.2) is 56.3 Å². The zero-order valence-corrected chi connectivity index (χ0v) is 17.0. The topological polar surface area (TPSA) is 95.4 Å². The molecule has 0 saturated heterocycles. The second kappa shape index (κ2) is 9.83. The number of nitrogens with zero attached hydrogens (tertiary/aromatic N) is 2. The van der Waals surface area contributed by atoms with Crippen molar-refractivity contribution in [2.75, 3.05) is 40.5 Å². The van der Waals surface area contributed by atoms with Crippen molar-refractivity contribution in [3.05, 3.63) is 70.0 Å². The highest BCUT2D eigenvalue weighted by Crippen LogP contribution is 2.23. The monoisotopic (exact) mass is 405 g/mol. The third kappa shape index (κ3) is 4.57. The van der Waals surface area contributed by atoms with Gasteiger partial charge >= 0.3 is 0 Å². The van der Waals surface area contributed by atoms with E-state index in [9.17, 15) is 14.9 Å². The minimum Gasteiger partial charge on any atom is -0.383 e. The number of rotatable bonds is 8. The number of nitrogens with one attached hydrogen (secondary N) is 1. The Kier molecular flexibility index (Phi) is 6.96. The van der Waals surface area contributed by atoms with E-state index >= 15 is 0 Å². The average molecular weight is 405 g/mol. The molecule has 3 rings (SSSR count). The van der Waals surface area contributed by atoms with Gasteiger partial charge in [0, 0.05) is 49.3 Å². The van der Waals surface area contributed by atoms with Crippen LogP contribution in [0.15, 0.2) is 53.3 Å². The summed E-state index contributed by atoms with van der Waals surface area (Å²) in [6.07, 6.45) is 0. The van der Waals surface area contributed by atoms with Crippen molar-refractivity contribution in [1.82, 2.24) is 9.88 Å². The Morgan fingerprint density at radius 1 is 1.03 bits per heavy atom. The lowest BCUT2D eigenvalue weighted by molar-refractivity contribution is 0.0627. The molecule has 0 aliphatic carbocycles. The van der Waals surface area contributed by atoms with Crippen LogP contribution in [0, 0.1) is 11.3 Å². The maximum atomic E-state index is 12.8. The summed E-state index contributed by atoms with van der Waals surface area (Å²) in [6, 6.07) is 16.0. The largest absolute Gasteiger partial charge is 0.383 e. The predicted octanol–water partition coefficient (Wildman–Crippen LogP) is 2.80. The van der Waals surface area contributed by atoms with E-state index in [2.05, 4.69) is 11.1 Å². The van der Waals surface area contributed by atoms with Crippen LogP contribution >= 0.6 is 0 Å². The van der Waals surface area contributed by atoms with Crippen molar-refractivity contribution < 1.29 is 14.3 Å². The summed E-state index contributed by atoms with van der Waals surface area (Å²) < 4.78 is 10.2. The fourth-order valence-corrected chi connectivity index (χ4v) is 3.23. The average Bonchev–Trinajstić information content (AvgIpc) is 2.78. The summed E-state index contributed by atoms with van der Waals surface area (Å²) in [4.78, 5) is 29.8. The van der Waals surface area contributed by atoms with Gasteiger partial charge in [0.1, 0.15) is 0 Å². The van der Waals surface area contributed by atoms with Gasteiger partial charge in [-0.1, -0.05) is 18.2 Å². The maximum Gasteiger partial charge on any atom is 0.256 e. The first kappa shape index (κ1) is 21.2. The summed E-state index contributed by atoms with van der Waals surface area (Å²) in [6.45, 7) is 1.81. The molecule has 30 heavy (non-hydrogen) atoms. The summed E-state index contributed by atoms with van der Waals surface area (Å²) in [5, 5.41) is 10.4. The molecule has 0 bridgehead atoms. The predicted molar refractivity (Wildman–Crippen MR) is 114 cm³/mol. The molecule has 0 aliphatic heterocycles.